The van der Waals surface area contributed by atoms with Gasteiger partial charge in [-0.05, 0) is 52.7 Å². The lowest BCUT2D eigenvalue weighted by atomic mass is 10.1. The highest BCUT2D eigenvalue weighted by atomic mass is 79.9. The summed E-state index contributed by atoms with van der Waals surface area (Å²) >= 11 is 3.51. The minimum Gasteiger partial charge on any atom is -0.337 e. The molecule has 0 saturated carbocycles. The second kappa shape index (κ2) is 6.92. The molecule has 0 bridgehead atoms. The summed E-state index contributed by atoms with van der Waals surface area (Å²) in [5, 5.41) is 11.1. The molecule has 0 radical (unpaired) electrons. The third-order valence-electron chi connectivity index (χ3n) is 3.75. The van der Waals surface area contributed by atoms with Gasteiger partial charge in [0.15, 0.2) is 0 Å². The molecule has 1 heterocycles. The Morgan fingerprint density at radius 1 is 1.25 bits per heavy atom. The zero-order valence-corrected chi connectivity index (χ0v) is 14.9. The van der Waals surface area contributed by atoms with Crippen molar-refractivity contribution in [2.45, 2.75) is 13.5 Å². The third-order valence-corrected chi connectivity index (χ3v) is 4.53. The van der Waals surface area contributed by atoms with Crippen molar-refractivity contribution in [3.05, 3.63) is 70.0 Å². The number of carbonyl (C=O) groups excluding carboxylic acids is 1. The summed E-state index contributed by atoms with van der Waals surface area (Å²) in [5.74, 6) is -0.0304. The molecule has 24 heavy (non-hydrogen) atoms. The molecule has 6 nitrogen and oxygen atoms in total. The predicted molar refractivity (Wildman–Crippen MR) is 93.8 cm³/mol. The Labute approximate surface area is 148 Å². The van der Waals surface area contributed by atoms with Crippen LogP contribution < -0.4 is 0 Å². The van der Waals surface area contributed by atoms with E-state index in [1.807, 2.05) is 43.3 Å². The summed E-state index contributed by atoms with van der Waals surface area (Å²) in [6.07, 6.45) is 1.53. The van der Waals surface area contributed by atoms with E-state index in [0.29, 0.717) is 12.1 Å². The smallest absolute Gasteiger partial charge is 0.253 e. The van der Waals surface area contributed by atoms with Gasteiger partial charge in [0, 0.05) is 23.6 Å². The Morgan fingerprint density at radius 3 is 2.71 bits per heavy atom. The van der Waals surface area contributed by atoms with Crippen molar-refractivity contribution in [3.63, 3.8) is 0 Å². The molecule has 0 N–H and O–H groups in total. The van der Waals surface area contributed by atoms with Gasteiger partial charge in [0.2, 0.25) is 0 Å². The molecule has 3 aromatic rings. The lowest BCUT2D eigenvalue weighted by Crippen LogP contribution is -2.26. The first-order chi connectivity index (χ1) is 11.6. The highest BCUT2D eigenvalue weighted by molar-refractivity contribution is 9.10. The standard InChI is InChI=1S/C17H16BrN5O/c1-12-9-13(7-8-16(12)23-11-19-20-21-23)17(24)22(2)10-14-5-3-4-6-15(14)18/h3-9,11H,10H2,1-2H3. The minimum absolute atomic E-state index is 0.0304. The molecule has 1 amide bonds. The molecule has 0 saturated heterocycles. The average Bonchev–Trinajstić information content (AvgIpc) is 3.10. The predicted octanol–water partition coefficient (Wildman–Crippen LogP) is 3.01. The number of aryl methyl sites for hydroxylation is 1. The highest BCUT2D eigenvalue weighted by Crippen LogP contribution is 2.19. The van der Waals surface area contributed by atoms with Crippen molar-refractivity contribution < 1.29 is 4.79 Å². The van der Waals surface area contributed by atoms with Gasteiger partial charge in [0.05, 0.1) is 5.69 Å². The Kier molecular flexibility index (Phi) is 4.71. The van der Waals surface area contributed by atoms with Crippen LogP contribution in [0.25, 0.3) is 5.69 Å². The molecular formula is C17H16BrN5O. The van der Waals surface area contributed by atoms with Gasteiger partial charge in [0.25, 0.3) is 5.91 Å². The molecule has 0 spiro atoms. The molecular weight excluding hydrogens is 370 g/mol. The normalized spacial score (nSPS) is 10.6. The van der Waals surface area contributed by atoms with Gasteiger partial charge in [-0.25, -0.2) is 4.68 Å². The maximum absolute atomic E-state index is 12.7. The number of hydrogen-bond acceptors (Lipinski definition) is 4. The van der Waals surface area contributed by atoms with Gasteiger partial charge in [-0.3, -0.25) is 4.79 Å². The average molecular weight is 386 g/mol. The van der Waals surface area contributed by atoms with Crippen LogP contribution >= 0.6 is 15.9 Å². The van der Waals surface area contributed by atoms with E-state index in [0.717, 1.165) is 21.3 Å². The topological polar surface area (TPSA) is 63.9 Å². The summed E-state index contributed by atoms with van der Waals surface area (Å²) in [4.78, 5) is 14.4. The zero-order valence-electron chi connectivity index (χ0n) is 13.3. The van der Waals surface area contributed by atoms with Gasteiger partial charge in [-0.15, -0.1) is 5.10 Å². The number of tetrazole rings is 1. The third kappa shape index (κ3) is 3.35. The molecule has 122 valence electrons. The molecule has 0 atom stereocenters. The Hall–Kier alpha value is -2.54. The summed E-state index contributed by atoms with van der Waals surface area (Å²) < 4.78 is 2.57. The van der Waals surface area contributed by atoms with Crippen LogP contribution in [0, 0.1) is 6.92 Å². The lowest BCUT2D eigenvalue weighted by molar-refractivity contribution is 0.0785. The van der Waals surface area contributed by atoms with Crippen LogP contribution in [-0.4, -0.2) is 38.1 Å². The summed E-state index contributed by atoms with van der Waals surface area (Å²) in [6, 6.07) is 13.4. The van der Waals surface area contributed by atoms with Crippen molar-refractivity contribution >= 4 is 21.8 Å². The van der Waals surface area contributed by atoms with Gasteiger partial charge in [-0.1, -0.05) is 34.1 Å². The first-order valence-corrected chi connectivity index (χ1v) is 8.18. The van der Waals surface area contributed by atoms with Crippen molar-refractivity contribution in [2.75, 3.05) is 7.05 Å². The highest BCUT2D eigenvalue weighted by Gasteiger charge is 2.15. The molecule has 1 aromatic heterocycles. The maximum Gasteiger partial charge on any atom is 0.253 e. The number of benzene rings is 2. The quantitative estimate of drug-likeness (QED) is 0.692. The van der Waals surface area contributed by atoms with Crippen LogP contribution in [0.5, 0.6) is 0 Å². The number of halogens is 1. The monoisotopic (exact) mass is 385 g/mol. The number of hydrogen-bond donors (Lipinski definition) is 0. The van der Waals surface area contributed by atoms with E-state index < -0.39 is 0 Å². The molecule has 3 rings (SSSR count). The SMILES string of the molecule is Cc1cc(C(=O)N(C)Cc2ccccc2Br)ccc1-n1cnnn1. The van der Waals surface area contributed by atoms with Crippen LogP contribution in [0.4, 0.5) is 0 Å². The maximum atomic E-state index is 12.7. The fourth-order valence-corrected chi connectivity index (χ4v) is 2.90. The Bertz CT molecular complexity index is 863. The molecule has 7 heteroatoms. The largest absolute Gasteiger partial charge is 0.337 e. The van der Waals surface area contributed by atoms with Crippen LogP contribution in [0.3, 0.4) is 0 Å². The van der Waals surface area contributed by atoms with E-state index in [-0.39, 0.29) is 5.91 Å². The summed E-state index contributed by atoms with van der Waals surface area (Å²) in [6.45, 7) is 2.47. The molecule has 0 aliphatic carbocycles. The van der Waals surface area contributed by atoms with Crippen molar-refractivity contribution in [1.29, 1.82) is 0 Å². The minimum atomic E-state index is -0.0304. The summed E-state index contributed by atoms with van der Waals surface area (Å²) in [5.41, 5.74) is 3.49. The van der Waals surface area contributed by atoms with E-state index in [1.165, 1.54) is 6.33 Å². The van der Waals surface area contributed by atoms with Crippen molar-refractivity contribution in [3.8, 4) is 5.69 Å². The van der Waals surface area contributed by atoms with Gasteiger partial charge < -0.3 is 4.90 Å². The number of carbonyl (C=O) groups is 1. The first-order valence-electron chi connectivity index (χ1n) is 7.39. The number of rotatable bonds is 4. The molecule has 0 fully saturated rings. The number of nitrogens with zero attached hydrogens (tertiary/aromatic N) is 5. The first kappa shape index (κ1) is 16.3. The van der Waals surface area contributed by atoms with Crippen LogP contribution in [0.1, 0.15) is 21.5 Å². The van der Waals surface area contributed by atoms with E-state index in [2.05, 4.69) is 31.5 Å². The van der Waals surface area contributed by atoms with Crippen LogP contribution in [0.15, 0.2) is 53.3 Å². The number of aromatic nitrogens is 4. The van der Waals surface area contributed by atoms with Crippen molar-refractivity contribution in [2.24, 2.45) is 0 Å². The molecule has 0 unspecified atom stereocenters. The van der Waals surface area contributed by atoms with E-state index >= 15 is 0 Å². The zero-order chi connectivity index (χ0) is 17.1. The summed E-state index contributed by atoms with van der Waals surface area (Å²) in [7, 11) is 1.80. The Morgan fingerprint density at radius 2 is 2.04 bits per heavy atom. The second-order valence-electron chi connectivity index (χ2n) is 5.51. The van der Waals surface area contributed by atoms with E-state index in [9.17, 15) is 4.79 Å². The molecule has 0 aliphatic rings. The van der Waals surface area contributed by atoms with Crippen LogP contribution in [-0.2, 0) is 6.54 Å². The fraction of sp³-hybridized carbons (Fsp3) is 0.176. The molecule has 2 aromatic carbocycles. The second-order valence-corrected chi connectivity index (χ2v) is 6.36. The van der Waals surface area contributed by atoms with Gasteiger partial charge in [-0.2, -0.15) is 0 Å². The molecule has 0 aliphatic heterocycles. The Balaban J connectivity index is 1.80. The van der Waals surface area contributed by atoms with E-state index in [1.54, 1.807) is 22.7 Å². The van der Waals surface area contributed by atoms with Gasteiger partial charge in [0.1, 0.15) is 6.33 Å². The fourth-order valence-electron chi connectivity index (χ4n) is 2.49. The van der Waals surface area contributed by atoms with Crippen LogP contribution in [0.2, 0.25) is 0 Å². The number of amides is 1. The lowest BCUT2D eigenvalue weighted by Gasteiger charge is -2.19. The van der Waals surface area contributed by atoms with Gasteiger partial charge >= 0.3 is 0 Å². The van der Waals surface area contributed by atoms with Crippen molar-refractivity contribution in [1.82, 2.24) is 25.1 Å². The van der Waals surface area contributed by atoms with E-state index in [4.69, 9.17) is 0 Å².